The van der Waals surface area contributed by atoms with Crippen LogP contribution in [-0.2, 0) is 12.8 Å². The summed E-state index contributed by atoms with van der Waals surface area (Å²) in [6.45, 7) is 2.19. The molecule has 0 radical (unpaired) electrons. The summed E-state index contributed by atoms with van der Waals surface area (Å²) in [4.78, 5) is 14.6. The average Bonchev–Trinajstić information content (AvgIpc) is 3.29. The summed E-state index contributed by atoms with van der Waals surface area (Å²) in [5.74, 6) is -1.29. The molecule has 2 aromatic carbocycles. The number of H-pyrrole nitrogens is 1. The van der Waals surface area contributed by atoms with Crippen LogP contribution in [0.2, 0.25) is 0 Å². The maximum Gasteiger partial charge on any atom is 0.335 e. The van der Waals surface area contributed by atoms with Crippen molar-refractivity contribution >= 4 is 17.9 Å². The van der Waals surface area contributed by atoms with Crippen molar-refractivity contribution in [2.75, 3.05) is 0 Å². The fourth-order valence-electron chi connectivity index (χ4n) is 4.78. The standard InChI is InChI=1S/C26H24FNO2/c1-2-3-4-15-5-7-16(8-6-15)19-11-12-21-22-14-18-13-17(26(29)30)9-10-20(18)24(22)28-25(21)23(19)27/h5-10,12-13,19,28H,2-4,11,14H2,1H3,(H,29,30). The Kier molecular flexibility index (Phi) is 4.58. The Morgan fingerprint density at radius 3 is 2.73 bits per heavy atom. The first-order valence-corrected chi connectivity index (χ1v) is 10.6. The van der Waals surface area contributed by atoms with Crippen LogP contribution in [0.15, 0.2) is 42.5 Å². The minimum atomic E-state index is -0.926. The molecular formula is C26H24FNO2. The molecule has 0 saturated carbocycles. The van der Waals surface area contributed by atoms with Crippen LogP contribution >= 0.6 is 0 Å². The lowest BCUT2D eigenvalue weighted by Crippen LogP contribution is -2.32. The van der Waals surface area contributed by atoms with Gasteiger partial charge in [-0.15, -0.1) is 0 Å². The molecular weight excluding hydrogens is 377 g/mol. The molecule has 0 aliphatic heterocycles. The molecule has 0 fully saturated rings. The fourth-order valence-corrected chi connectivity index (χ4v) is 4.78. The lowest BCUT2D eigenvalue weighted by atomic mass is 9.89. The topological polar surface area (TPSA) is 53.1 Å². The van der Waals surface area contributed by atoms with Gasteiger partial charge in [-0.1, -0.05) is 49.8 Å². The van der Waals surface area contributed by atoms with Crippen LogP contribution < -0.4 is 10.6 Å². The molecule has 3 aromatic rings. The molecule has 1 aromatic heterocycles. The summed E-state index contributed by atoms with van der Waals surface area (Å²) in [6, 6.07) is 13.5. The van der Waals surface area contributed by atoms with Gasteiger partial charge in [-0.25, -0.2) is 9.18 Å². The molecule has 2 aliphatic carbocycles. The number of aromatic amines is 1. The molecule has 3 nitrogen and oxygen atoms in total. The van der Waals surface area contributed by atoms with Crippen LogP contribution in [0.25, 0.3) is 23.2 Å². The third-order valence-corrected chi connectivity index (χ3v) is 6.44. The van der Waals surface area contributed by atoms with Gasteiger partial charge in [0, 0.05) is 23.1 Å². The van der Waals surface area contributed by atoms with Gasteiger partial charge in [-0.3, -0.25) is 0 Å². The lowest BCUT2D eigenvalue weighted by molar-refractivity contribution is 0.0697. The van der Waals surface area contributed by atoms with E-state index < -0.39 is 5.97 Å². The Morgan fingerprint density at radius 2 is 2.00 bits per heavy atom. The number of aromatic nitrogens is 1. The molecule has 1 unspecified atom stereocenters. The number of carboxylic acid groups (broad SMARTS) is 1. The summed E-state index contributed by atoms with van der Waals surface area (Å²) in [7, 11) is 0. The molecule has 2 aliphatic rings. The lowest BCUT2D eigenvalue weighted by Gasteiger charge is -2.17. The monoisotopic (exact) mass is 401 g/mol. The smallest absolute Gasteiger partial charge is 0.335 e. The van der Waals surface area contributed by atoms with Gasteiger partial charge in [0.2, 0.25) is 0 Å². The van der Waals surface area contributed by atoms with Gasteiger partial charge in [0.05, 0.1) is 16.6 Å². The van der Waals surface area contributed by atoms with Crippen LogP contribution in [0, 0.1) is 0 Å². The fraction of sp³-hybridized carbons (Fsp3) is 0.269. The third-order valence-electron chi connectivity index (χ3n) is 6.44. The van der Waals surface area contributed by atoms with Gasteiger partial charge in [0.25, 0.3) is 0 Å². The number of aryl methyl sites for hydroxylation is 1. The summed E-state index contributed by atoms with van der Waals surface area (Å²) >= 11 is 0. The van der Waals surface area contributed by atoms with E-state index in [2.05, 4.69) is 42.2 Å². The van der Waals surface area contributed by atoms with Gasteiger partial charge < -0.3 is 10.1 Å². The molecule has 0 bridgehead atoms. The van der Waals surface area contributed by atoms with E-state index in [0.717, 1.165) is 39.6 Å². The third kappa shape index (κ3) is 2.98. The van der Waals surface area contributed by atoms with Crippen molar-refractivity contribution in [2.45, 2.75) is 44.9 Å². The van der Waals surface area contributed by atoms with Crippen LogP contribution in [-0.4, -0.2) is 16.1 Å². The average molecular weight is 401 g/mol. The maximum absolute atomic E-state index is 15.5. The number of carbonyl (C=O) groups is 1. The first-order chi connectivity index (χ1) is 14.6. The number of fused-ring (bicyclic) bond motifs is 5. The minimum Gasteiger partial charge on any atom is -0.478 e. The number of aromatic carboxylic acids is 1. The SMILES string of the molecule is CCCCc1ccc(C2CC=c3c4c([nH]c3=C2F)-c2ccc(C(=O)O)cc2C4)cc1. The Balaban J connectivity index is 1.51. The number of hydrogen-bond acceptors (Lipinski definition) is 1. The van der Waals surface area contributed by atoms with Crippen molar-refractivity contribution in [3.05, 3.63) is 80.8 Å². The number of halogens is 1. The van der Waals surface area contributed by atoms with Crippen molar-refractivity contribution in [1.29, 1.82) is 0 Å². The predicted molar refractivity (Wildman–Crippen MR) is 117 cm³/mol. The number of benzene rings is 2. The second-order valence-electron chi connectivity index (χ2n) is 8.31. The minimum absolute atomic E-state index is 0.105. The predicted octanol–water partition coefficient (Wildman–Crippen LogP) is 4.67. The molecule has 5 rings (SSSR count). The van der Waals surface area contributed by atoms with E-state index in [1.807, 2.05) is 6.07 Å². The largest absolute Gasteiger partial charge is 0.478 e. The summed E-state index contributed by atoms with van der Waals surface area (Å²) < 4.78 is 15.5. The highest BCUT2D eigenvalue weighted by atomic mass is 19.1. The van der Waals surface area contributed by atoms with Crippen molar-refractivity contribution in [1.82, 2.24) is 4.98 Å². The zero-order valence-corrected chi connectivity index (χ0v) is 17.0. The highest BCUT2D eigenvalue weighted by Crippen LogP contribution is 2.36. The number of hydrogen-bond donors (Lipinski definition) is 2. The molecule has 0 spiro atoms. The second kappa shape index (κ2) is 7.28. The highest BCUT2D eigenvalue weighted by molar-refractivity contribution is 5.90. The van der Waals surface area contributed by atoms with E-state index in [9.17, 15) is 9.90 Å². The van der Waals surface area contributed by atoms with E-state index in [-0.39, 0.29) is 17.3 Å². The van der Waals surface area contributed by atoms with Gasteiger partial charge in [-0.2, -0.15) is 0 Å². The van der Waals surface area contributed by atoms with Gasteiger partial charge in [0.15, 0.2) is 0 Å². The van der Waals surface area contributed by atoms with Crippen molar-refractivity contribution in [2.24, 2.45) is 0 Å². The number of rotatable bonds is 5. The highest BCUT2D eigenvalue weighted by Gasteiger charge is 2.28. The molecule has 0 amide bonds. The van der Waals surface area contributed by atoms with E-state index in [1.54, 1.807) is 12.1 Å². The van der Waals surface area contributed by atoms with Crippen LogP contribution in [0.3, 0.4) is 0 Å². The Bertz CT molecular complexity index is 1270. The molecule has 2 N–H and O–H groups in total. The van der Waals surface area contributed by atoms with E-state index in [0.29, 0.717) is 18.2 Å². The molecule has 152 valence electrons. The molecule has 1 heterocycles. The van der Waals surface area contributed by atoms with Crippen molar-refractivity contribution < 1.29 is 14.3 Å². The number of carboxylic acids is 1. The molecule has 4 heteroatoms. The van der Waals surface area contributed by atoms with Gasteiger partial charge in [0.1, 0.15) is 5.83 Å². The number of nitrogens with one attached hydrogen (secondary N) is 1. The second-order valence-corrected chi connectivity index (χ2v) is 8.31. The van der Waals surface area contributed by atoms with Crippen LogP contribution in [0.4, 0.5) is 4.39 Å². The maximum atomic E-state index is 15.5. The van der Waals surface area contributed by atoms with Crippen LogP contribution in [0.5, 0.6) is 0 Å². The summed E-state index contributed by atoms with van der Waals surface area (Å²) in [6.07, 6.45) is 6.81. The summed E-state index contributed by atoms with van der Waals surface area (Å²) in [5.41, 5.74) is 6.56. The zero-order valence-electron chi connectivity index (χ0n) is 17.0. The van der Waals surface area contributed by atoms with Gasteiger partial charge >= 0.3 is 5.97 Å². The Hall–Kier alpha value is -3.14. The van der Waals surface area contributed by atoms with E-state index in [1.165, 1.54) is 18.4 Å². The normalized spacial score (nSPS) is 16.6. The van der Waals surface area contributed by atoms with E-state index >= 15 is 4.39 Å². The Morgan fingerprint density at radius 1 is 1.20 bits per heavy atom. The molecule has 0 saturated heterocycles. The van der Waals surface area contributed by atoms with Crippen LogP contribution in [0.1, 0.15) is 64.7 Å². The molecule has 1 atom stereocenters. The first kappa shape index (κ1) is 18.9. The van der Waals surface area contributed by atoms with E-state index in [4.69, 9.17) is 0 Å². The van der Waals surface area contributed by atoms with Crippen molar-refractivity contribution in [3.8, 4) is 11.3 Å². The number of unbranched alkanes of at least 4 members (excludes halogenated alkanes) is 1. The summed E-state index contributed by atoms with van der Waals surface area (Å²) in [5, 5.41) is 10.8. The van der Waals surface area contributed by atoms with Crippen molar-refractivity contribution in [3.63, 3.8) is 0 Å². The quantitative estimate of drug-likeness (QED) is 0.511. The zero-order chi connectivity index (χ0) is 20.8. The Labute approximate surface area is 174 Å². The molecule has 30 heavy (non-hydrogen) atoms. The first-order valence-electron chi connectivity index (χ1n) is 10.6. The van der Waals surface area contributed by atoms with Gasteiger partial charge in [-0.05, 0) is 53.6 Å².